The van der Waals surface area contributed by atoms with Gasteiger partial charge in [-0.25, -0.2) is 4.79 Å². The van der Waals surface area contributed by atoms with Crippen molar-refractivity contribution >= 4 is 5.97 Å². The predicted octanol–water partition coefficient (Wildman–Crippen LogP) is 4.29. The van der Waals surface area contributed by atoms with Crippen molar-refractivity contribution in [1.82, 2.24) is 5.16 Å². The van der Waals surface area contributed by atoms with E-state index >= 15 is 0 Å². The van der Waals surface area contributed by atoms with E-state index < -0.39 is 5.97 Å². The van der Waals surface area contributed by atoms with Crippen molar-refractivity contribution in [3.8, 4) is 11.3 Å². The molecule has 20 heavy (non-hydrogen) atoms. The number of rotatable bonds is 4. The molecular weight excluding hydrogens is 254 g/mol. The maximum absolute atomic E-state index is 10.9. The molecule has 2 aromatic rings. The molecule has 0 aliphatic carbocycles. The standard InChI is InChI=1S/C16H19NO3/c1-9(2)11-5-6-12(10(3)4)13(7-11)15-8-14(16(18)19)17-20-15/h5-10H,1-4H3,(H,18,19). The van der Waals surface area contributed by atoms with E-state index in [2.05, 4.69) is 51.1 Å². The lowest BCUT2D eigenvalue weighted by Gasteiger charge is -2.14. The molecule has 4 heteroatoms. The molecule has 0 bridgehead atoms. The molecule has 1 N–H and O–H groups in total. The van der Waals surface area contributed by atoms with Gasteiger partial charge in [0, 0.05) is 11.6 Å². The van der Waals surface area contributed by atoms with Gasteiger partial charge in [-0.3, -0.25) is 0 Å². The van der Waals surface area contributed by atoms with Crippen molar-refractivity contribution < 1.29 is 14.4 Å². The van der Waals surface area contributed by atoms with Crippen LogP contribution in [-0.2, 0) is 0 Å². The second-order valence-corrected chi connectivity index (χ2v) is 5.54. The molecule has 0 unspecified atom stereocenters. The number of hydrogen-bond acceptors (Lipinski definition) is 3. The smallest absolute Gasteiger partial charge is 0.358 e. The van der Waals surface area contributed by atoms with Gasteiger partial charge in [0.1, 0.15) is 0 Å². The van der Waals surface area contributed by atoms with Crippen LogP contribution < -0.4 is 0 Å². The highest BCUT2D eigenvalue weighted by molar-refractivity contribution is 5.86. The Morgan fingerprint density at radius 2 is 1.85 bits per heavy atom. The van der Waals surface area contributed by atoms with Gasteiger partial charge >= 0.3 is 5.97 Å². The van der Waals surface area contributed by atoms with Crippen LogP contribution in [0, 0.1) is 0 Å². The van der Waals surface area contributed by atoms with Gasteiger partial charge in [0.15, 0.2) is 11.5 Å². The normalized spacial score (nSPS) is 11.3. The van der Waals surface area contributed by atoms with Gasteiger partial charge in [0.05, 0.1) is 0 Å². The third-order valence-electron chi connectivity index (χ3n) is 3.36. The van der Waals surface area contributed by atoms with Gasteiger partial charge in [-0.15, -0.1) is 0 Å². The first kappa shape index (κ1) is 14.3. The Labute approximate surface area is 118 Å². The molecule has 1 aromatic carbocycles. The number of carbonyl (C=O) groups is 1. The Bertz CT molecular complexity index is 626. The van der Waals surface area contributed by atoms with Crippen LogP contribution in [0.3, 0.4) is 0 Å². The van der Waals surface area contributed by atoms with Crippen molar-refractivity contribution in [2.24, 2.45) is 0 Å². The van der Waals surface area contributed by atoms with Crippen LogP contribution in [0.4, 0.5) is 0 Å². The minimum Gasteiger partial charge on any atom is -0.476 e. The van der Waals surface area contributed by atoms with Crippen molar-refractivity contribution in [3.63, 3.8) is 0 Å². The van der Waals surface area contributed by atoms with Gasteiger partial charge in [-0.05, 0) is 29.0 Å². The summed E-state index contributed by atoms with van der Waals surface area (Å²) in [6.07, 6.45) is 0. The van der Waals surface area contributed by atoms with Gasteiger partial charge in [0.2, 0.25) is 0 Å². The first-order chi connectivity index (χ1) is 9.40. The molecule has 0 saturated carbocycles. The van der Waals surface area contributed by atoms with E-state index in [-0.39, 0.29) is 5.69 Å². The first-order valence-corrected chi connectivity index (χ1v) is 6.74. The number of carboxylic acid groups (broad SMARTS) is 1. The molecule has 1 heterocycles. The van der Waals surface area contributed by atoms with Crippen LogP contribution in [0.2, 0.25) is 0 Å². The van der Waals surface area contributed by atoms with Gasteiger partial charge in [-0.2, -0.15) is 0 Å². The maximum Gasteiger partial charge on any atom is 0.358 e. The lowest BCUT2D eigenvalue weighted by molar-refractivity contribution is 0.0686. The van der Waals surface area contributed by atoms with Crippen LogP contribution in [0.5, 0.6) is 0 Å². The summed E-state index contributed by atoms with van der Waals surface area (Å²) in [5.41, 5.74) is 3.18. The maximum atomic E-state index is 10.9. The summed E-state index contributed by atoms with van der Waals surface area (Å²) in [5.74, 6) is 0.154. The van der Waals surface area contributed by atoms with E-state index in [4.69, 9.17) is 9.63 Å². The average Bonchev–Trinajstić information content (AvgIpc) is 2.87. The van der Waals surface area contributed by atoms with Crippen molar-refractivity contribution in [3.05, 3.63) is 41.1 Å². The minimum atomic E-state index is -1.08. The lowest BCUT2D eigenvalue weighted by Crippen LogP contribution is -1.96. The number of benzene rings is 1. The van der Waals surface area contributed by atoms with Crippen LogP contribution in [0.15, 0.2) is 28.8 Å². The molecule has 0 atom stereocenters. The molecule has 0 fully saturated rings. The fourth-order valence-electron chi connectivity index (χ4n) is 2.15. The third-order valence-corrected chi connectivity index (χ3v) is 3.36. The highest BCUT2D eigenvalue weighted by Crippen LogP contribution is 2.32. The molecule has 4 nitrogen and oxygen atoms in total. The van der Waals surface area contributed by atoms with Crippen molar-refractivity contribution in [2.75, 3.05) is 0 Å². The molecule has 2 rings (SSSR count). The molecule has 0 saturated heterocycles. The Kier molecular flexibility index (Phi) is 3.93. The Balaban J connectivity index is 2.56. The van der Waals surface area contributed by atoms with Crippen LogP contribution in [0.1, 0.15) is 61.1 Å². The second-order valence-electron chi connectivity index (χ2n) is 5.54. The number of hydrogen-bond donors (Lipinski definition) is 1. The molecule has 106 valence electrons. The van der Waals surface area contributed by atoms with Crippen LogP contribution in [0.25, 0.3) is 11.3 Å². The molecule has 0 aliphatic heterocycles. The van der Waals surface area contributed by atoms with Crippen molar-refractivity contribution in [2.45, 2.75) is 39.5 Å². The zero-order valence-electron chi connectivity index (χ0n) is 12.2. The van der Waals surface area contributed by atoms with E-state index in [9.17, 15) is 4.79 Å². The van der Waals surface area contributed by atoms with E-state index in [1.165, 1.54) is 11.6 Å². The van der Waals surface area contributed by atoms with E-state index in [0.717, 1.165) is 11.1 Å². The fraction of sp³-hybridized carbons (Fsp3) is 0.375. The third kappa shape index (κ3) is 2.74. The average molecular weight is 273 g/mol. The summed E-state index contributed by atoms with van der Waals surface area (Å²) in [4.78, 5) is 10.9. The summed E-state index contributed by atoms with van der Waals surface area (Å²) in [5, 5.41) is 12.5. The molecule has 1 aromatic heterocycles. The second kappa shape index (κ2) is 5.49. The van der Waals surface area contributed by atoms with Crippen molar-refractivity contribution in [1.29, 1.82) is 0 Å². The SMILES string of the molecule is CC(C)c1ccc(C(C)C)c(-c2cc(C(=O)O)no2)c1. The Morgan fingerprint density at radius 1 is 1.15 bits per heavy atom. The molecule has 0 aliphatic rings. The first-order valence-electron chi connectivity index (χ1n) is 6.74. The summed E-state index contributed by atoms with van der Waals surface area (Å²) in [6, 6.07) is 7.73. The number of aromatic carboxylic acids is 1. The summed E-state index contributed by atoms with van der Waals surface area (Å²) in [7, 11) is 0. The minimum absolute atomic E-state index is 0.0651. The molecule has 0 spiro atoms. The van der Waals surface area contributed by atoms with Gasteiger partial charge in [0.25, 0.3) is 0 Å². The van der Waals surface area contributed by atoms with Crippen LogP contribution >= 0.6 is 0 Å². The van der Waals surface area contributed by atoms with E-state index in [0.29, 0.717) is 17.6 Å². The summed E-state index contributed by atoms with van der Waals surface area (Å²) < 4.78 is 5.21. The highest BCUT2D eigenvalue weighted by Gasteiger charge is 2.17. The van der Waals surface area contributed by atoms with Gasteiger partial charge < -0.3 is 9.63 Å². The fourth-order valence-corrected chi connectivity index (χ4v) is 2.15. The number of carboxylic acids is 1. The zero-order chi connectivity index (χ0) is 14.9. The summed E-state index contributed by atoms with van der Waals surface area (Å²) >= 11 is 0. The lowest BCUT2D eigenvalue weighted by atomic mass is 9.91. The zero-order valence-corrected chi connectivity index (χ0v) is 12.2. The molecule has 0 amide bonds. The predicted molar refractivity (Wildman–Crippen MR) is 77.1 cm³/mol. The van der Waals surface area contributed by atoms with E-state index in [1.807, 2.05) is 0 Å². The topological polar surface area (TPSA) is 63.3 Å². The van der Waals surface area contributed by atoms with E-state index in [1.54, 1.807) is 0 Å². The van der Waals surface area contributed by atoms with Crippen LogP contribution in [-0.4, -0.2) is 16.2 Å². The number of aromatic nitrogens is 1. The number of nitrogens with zero attached hydrogens (tertiary/aromatic N) is 1. The highest BCUT2D eigenvalue weighted by atomic mass is 16.5. The Morgan fingerprint density at radius 3 is 2.35 bits per heavy atom. The molecular formula is C16H19NO3. The molecule has 0 radical (unpaired) electrons. The largest absolute Gasteiger partial charge is 0.476 e. The monoisotopic (exact) mass is 273 g/mol. The van der Waals surface area contributed by atoms with Gasteiger partial charge in [-0.1, -0.05) is 45.0 Å². The summed E-state index contributed by atoms with van der Waals surface area (Å²) in [6.45, 7) is 8.44. The quantitative estimate of drug-likeness (QED) is 0.902. The Hall–Kier alpha value is -2.10.